The molecule has 0 bridgehead atoms. The molecule has 1 atom stereocenters. The molecule has 0 saturated heterocycles. The molecule has 0 rings (SSSR count). The summed E-state index contributed by atoms with van der Waals surface area (Å²) in [4.78, 5) is 0. The van der Waals surface area contributed by atoms with E-state index in [0.29, 0.717) is 6.61 Å². The van der Waals surface area contributed by atoms with Gasteiger partial charge in [-0.3, -0.25) is 0 Å². The van der Waals surface area contributed by atoms with Crippen LogP contribution in [0.4, 0.5) is 0 Å². The molecule has 0 aliphatic rings. The van der Waals surface area contributed by atoms with Crippen molar-refractivity contribution in [1.82, 2.24) is 5.32 Å². The number of nitriles is 1. The topological polar surface area (TPSA) is 45.0 Å². The Morgan fingerprint density at radius 3 is 2.50 bits per heavy atom. The van der Waals surface area contributed by atoms with Crippen molar-refractivity contribution < 1.29 is 4.74 Å². The van der Waals surface area contributed by atoms with Crippen molar-refractivity contribution in [3.05, 3.63) is 0 Å². The van der Waals surface area contributed by atoms with Crippen LogP contribution < -0.4 is 5.32 Å². The number of hydrogen-bond donors (Lipinski definition) is 1. The van der Waals surface area contributed by atoms with Crippen molar-refractivity contribution in [2.24, 2.45) is 0 Å². The van der Waals surface area contributed by atoms with Crippen LogP contribution in [0, 0.1) is 11.3 Å². The molecule has 94 valence electrons. The number of ether oxygens (including phenoxy) is 1. The third-order valence-electron chi connectivity index (χ3n) is 2.55. The van der Waals surface area contributed by atoms with Gasteiger partial charge in [-0.05, 0) is 19.4 Å². The van der Waals surface area contributed by atoms with E-state index in [1.807, 2.05) is 6.92 Å². The van der Waals surface area contributed by atoms with E-state index >= 15 is 0 Å². The van der Waals surface area contributed by atoms with Crippen LogP contribution in [-0.2, 0) is 4.74 Å². The molecule has 0 fully saturated rings. The smallest absolute Gasteiger partial charge is 0.0974 e. The van der Waals surface area contributed by atoms with Gasteiger partial charge >= 0.3 is 0 Å². The average Bonchev–Trinajstić information content (AvgIpc) is 2.31. The van der Waals surface area contributed by atoms with Crippen molar-refractivity contribution in [1.29, 1.82) is 5.26 Å². The first-order valence-electron chi connectivity index (χ1n) is 6.55. The zero-order valence-electron chi connectivity index (χ0n) is 10.8. The number of unbranched alkanes of at least 4 members (excludes halogenated alkanes) is 4. The Hall–Kier alpha value is -0.590. The Labute approximate surface area is 100 Å². The largest absolute Gasteiger partial charge is 0.381 e. The summed E-state index contributed by atoms with van der Waals surface area (Å²) >= 11 is 0. The number of rotatable bonds is 11. The molecule has 0 heterocycles. The SMILES string of the molecule is CCCCCCCOCCC(C#N)NCC. The predicted molar refractivity (Wildman–Crippen MR) is 67.3 cm³/mol. The summed E-state index contributed by atoms with van der Waals surface area (Å²) in [6.07, 6.45) is 7.14. The molecule has 0 aromatic heterocycles. The van der Waals surface area contributed by atoms with E-state index in [1.165, 1.54) is 25.7 Å². The summed E-state index contributed by atoms with van der Waals surface area (Å²) in [5.74, 6) is 0. The minimum Gasteiger partial charge on any atom is -0.381 e. The van der Waals surface area contributed by atoms with Crippen LogP contribution in [0.5, 0.6) is 0 Å². The molecule has 0 aliphatic carbocycles. The van der Waals surface area contributed by atoms with Crippen LogP contribution >= 0.6 is 0 Å². The number of nitrogens with zero attached hydrogens (tertiary/aromatic N) is 1. The Balaban J connectivity index is 3.16. The molecule has 0 aliphatic heterocycles. The van der Waals surface area contributed by atoms with Crippen LogP contribution in [0.3, 0.4) is 0 Å². The van der Waals surface area contributed by atoms with Crippen LogP contribution in [0.15, 0.2) is 0 Å². The fraction of sp³-hybridized carbons (Fsp3) is 0.923. The van der Waals surface area contributed by atoms with E-state index in [0.717, 1.165) is 26.0 Å². The number of nitrogens with one attached hydrogen (secondary N) is 1. The van der Waals surface area contributed by atoms with Crippen LogP contribution in [0.25, 0.3) is 0 Å². The first-order valence-corrected chi connectivity index (χ1v) is 6.55. The van der Waals surface area contributed by atoms with Gasteiger partial charge in [-0.25, -0.2) is 0 Å². The van der Waals surface area contributed by atoms with E-state index in [2.05, 4.69) is 18.3 Å². The zero-order chi connectivity index (χ0) is 12.1. The molecule has 3 heteroatoms. The van der Waals surface area contributed by atoms with Gasteiger partial charge in [0.2, 0.25) is 0 Å². The molecule has 0 spiro atoms. The van der Waals surface area contributed by atoms with Crippen LogP contribution in [0.2, 0.25) is 0 Å². The van der Waals surface area contributed by atoms with Crippen LogP contribution in [0.1, 0.15) is 52.4 Å². The lowest BCUT2D eigenvalue weighted by Gasteiger charge is -2.09. The van der Waals surface area contributed by atoms with E-state index in [9.17, 15) is 0 Å². The Morgan fingerprint density at radius 1 is 1.12 bits per heavy atom. The minimum atomic E-state index is -0.0508. The molecular formula is C13H26N2O. The second-order valence-corrected chi connectivity index (χ2v) is 4.05. The highest BCUT2D eigenvalue weighted by molar-refractivity contribution is 4.88. The molecule has 1 N–H and O–H groups in total. The molecule has 0 aromatic rings. The average molecular weight is 226 g/mol. The van der Waals surface area contributed by atoms with Gasteiger partial charge in [0, 0.05) is 13.2 Å². The van der Waals surface area contributed by atoms with E-state index < -0.39 is 0 Å². The quantitative estimate of drug-likeness (QED) is 0.551. The Morgan fingerprint density at radius 2 is 1.88 bits per heavy atom. The summed E-state index contributed by atoms with van der Waals surface area (Å²) in [6.45, 7) is 6.61. The van der Waals surface area contributed by atoms with E-state index in [-0.39, 0.29) is 6.04 Å². The van der Waals surface area contributed by atoms with Gasteiger partial charge in [0.05, 0.1) is 12.1 Å². The second kappa shape index (κ2) is 12.5. The van der Waals surface area contributed by atoms with Gasteiger partial charge in [-0.1, -0.05) is 39.5 Å². The summed E-state index contributed by atoms with van der Waals surface area (Å²) in [5.41, 5.74) is 0. The van der Waals surface area contributed by atoms with Gasteiger partial charge in [-0.15, -0.1) is 0 Å². The maximum atomic E-state index is 8.79. The molecule has 0 saturated carbocycles. The highest BCUT2D eigenvalue weighted by atomic mass is 16.5. The third-order valence-corrected chi connectivity index (χ3v) is 2.55. The maximum absolute atomic E-state index is 8.79. The maximum Gasteiger partial charge on any atom is 0.0974 e. The summed E-state index contributed by atoms with van der Waals surface area (Å²) in [6, 6.07) is 2.18. The fourth-order valence-electron chi connectivity index (χ4n) is 1.57. The molecule has 0 amide bonds. The predicted octanol–water partition coefficient (Wildman–Crippen LogP) is 2.87. The van der Waals surface area contributed by atoms with Gasteiger partial charge in [-0.2, -0.15) is 5.26 Å². The lowest BCUT2D eigenvalue weighted by Crippen LogP contribution is -2.28. The molecule has 3 nitrogen and oxygen atoms in total. The summed E-state index contributed by atoms with van der Waals surface area (Å²) in [5, 5.41) is 11.9. The zero-order valence-corrected chi connectivity index (χ0v) is 10.8. The Bertz CT molecular complexity index is 177. The van der Waals surface area contributed by atoms with Crippen molar-refractivity contribution in [2.45, 2.75) is 58.4 Å². The van der Waals surface area contributed by atoms with Crippen molar-refractivity contribution in [2.75, 3.05) is 19.8 Å². The summed E-state index contributed by atoms with van der Waals surface area (Å²) < 4.78 is 5.50. The number of hydrogen-bond acceptors (Lipinski definition) is 3. The Kier molecular flexibility index (Phi) is 12.0. The minimum absolute atomic E-state index is 0.0508. The van der Waals surface area contributed by atoms with Gasteiger partial charge in [0.1, 0.15) is 0 Å². The fourth-order valence-corrected chi connectivity index (χ4v) is 1.57. The van der Waals surface area contributed by atoms with Gasteiger partial charge in [0.15, 0.2) is 0 Å². The summed E-state index contributed by atoms with van der Waals surface area (Å²) in [7, 11) is 0. The molecule has 0 aromatic carbocycles. The molecular weight excluding hydrogens is 200 g/mol. The van der Waals surface area contributed by atoms with Gasteiger partial charge in [0.25, 0.3) is 0 Å². The molecule has 1 unspecified atom stereocenters. The van der Waals surface area contributed by atoms with E-state index in [4.69, 9.17) is 10.00 Å². The normalized spacial score (nSPS) is 12.3. The van der Waals surface area contributed by atoms with Crippen molar-refractivity contribution in [3.63, 3.8) is 0 Å². The van der Waals surface area contributed by atoms with Crippen molar-refractivity contribution in [3.8, 4) is 6.07 Å². The lowest BCUT2D eigenvalue weighted by molar-refractivity contribution is 0.124. The van der Waals surface area contributed by atoms with Crippen LogP contribution in [-0.4, -0.2) is 25.8 Å². The third kappa shape index (κ3) is 9.95. The molecule has 0 radical (unpaired) electrons. The molecule has 16 heavy (non-hydrogen) atoms. The first kappa shape index (κ1) is 15.4. The lowest BCUT2D eigenvalue weighted by atomic mass is 10.2. The second-order valence-electron chi connectivity index (χ2n) is 4.05. The highest BCUT2D eigenvalue weighted by Crippen LogP contribution is 2.02. The van der Waals surface area contributed by atoms with Gasteiger partial charge < -0.3 is 10.1 Å². The first-order chi connectivity index (χ1) is 7.85. The highest BCUT2D eigenvalue weighted by Gasteiger charge is 2.03. The standard InChI is InChI=1S/C13H26N2O/c1-3-5-6-7-8-10-16-11-9-13(12-14)15-4-2/h13,15H,3-11H2,1-2H3. The van der Waals surface area contributed by atoms with Crippen molar-refractivity contribution >= 4 is 0 Å². The monoisotopic (exact) mass is 226 g/mol. The van der Waals surface area contributed by atoms with E-state index in [1.54, 1.807) is 0 Å².